The molecule has 4 rings (SSSR count). The van der Waals surface area contributed by atoms with Gasteiger partial charge in [0.05, 0.1) is 45.6 Å². The zero-order chi connectivity index (χ0) is 31.0. The number of nitriles is 1. The number of anilines is 1. The van der Waals surface area contributed by atoms with Crippen molar-refractivity contribution in [2.45, 2.75) is 71.6 Å². The van der Waals surface area contributed by atoms with Crippen molar-refractivity contribution in [2.24, 2.45) is 12.8 Å². The number of nitrogens with two attached hydrogens (primary N) is 1. The van der Waals surface area contributed by atoms with Crippen LogP contribution in [0, 0.1) is 37.0 Å². The Labute approximate surface area is 247 Å². The van der Waals surface area contributed by atoms with Crippen LogP contribution < -0.4 is 16.6 Å². The number of benzene rings is 1. The van der Waals surface area contributed by atoms with Gasteiger partial charge in [-0.05, 0) is 70.7 Å². The van der Waals surface area contributed by atoms with E-state index >= 15 is 0 Å². The number of piperidine rings is 1. The van der Waals surface area contributed by atoms with Gasteiger partial charge in [0.25, 0.3) is 5.56 Å². The van der Waals surface area contributed by atoms with Crippen LogP contribution in [0.5, 0.6) is 0 Å². The Morgan fingerprint density at radius 1 is 1.26 bits per heavy atom. The summed E-state index contributed by atoms with van der Waals surface area (Å²) in [6.45, 7) is 12.0. The third kappa shape index (κ3) is 5.76. The van der Waals surface area contributed by atoms with E-state index in [1.165, 1.54) is 0 Å². The summed E-state index contributed by atoms with van der Waals surface area (Å²) in [6, 6.07) is 9.62. The predicted molar refractivity (Wildman–Crippen MR) is 165 cm³/mol. The van der Waals surface area contributed by atoms with Crippen molar-refractivity contribution in [1.29, 1.82) is 5.26 Å². The van der Waals surface area contributed by atoms with Crippen LogP contribution in [0.2, 0.25) is 0 Å². The Kier molecular flexibility index (Phi) is 8.50. The van der Waals surface area contributed by atoms with Gasteiger partial charge in [-0.1, -0.05) is 24.0 Å². The minimum Gasteiger partial charge on any atom is -0.373 e. The molecule has 1 aliphatic heterocycles. The first-order valence-electron chi connectivity index (χ1n) is 14.2. The molecule has 42 heavy (non-hydrogen) atoms. The molecule has 1 fully saturated rings. The molecule has 3 aromatic rings. The number of methoxy groups -OCH3 is 1. The molecule has 0 aliphatic carbocycles. The van der Waals surface area contributed by atoms with E-state index < -0.39 is 11.1 Å². The molecule has 1 aromatic carbocycles. The van der Waals surface area contributed by atoms with Crippen LogP contribution in [0.1, 0.15) is 80.1 Å². The van der Waals surface area contributed by atoms with Crippen molar-refractivity contribution in [3.8, 4) is 17.9 Å². The molecular weight excluding hydrogens is 528 g/mol. The molecule has 0 bridgehead atoms. The number of likely N-dealkylation sites (tertiary alicyclic amines) is 1. The first kappa shape index (κ1) is 30.8. The second-order valence-electron chi connectivity index (χ2n) is 11.8. The van der Waals surface area contributed by atoms with Gasteiger partial charge in [0.2, 0.25) is 5.91 Å². The van der Waals surface area contributed by atoms with E-state index in [9.17, 15) is 14.9 Å². The molecule has 220 valence electrons. The van der Waals surface area contributed by atoms with Crippen molar-refractivity contribution in [3.63, 3.8) is 0 Å². The largest absolute Gasteiger partial charge is 0.373 e. The van der Waals surface area contributed by atoms with Crippen LogP contribution in [0.3, 0.4) is 0 Å². The third-order valence-electron chi connectivity index (χ3n) is 8.27. The summed E-state index contributed by atoms with van der Waals surface area (Å²) in [5, 5.41) is 13.9. The average molecular weight is 569 g/mol. The fourth-order valence-electron chi connectivity index (χ4n) is 5.78. The Hall–Kier alpha value is -4.18. The highest BCUT2D eigenvalue weighted by Crippen LogP contribution is 2.38. The minimum atomic E-state index is -0.856. The number of amides is 1. The normalized spacial score (nSPS) is 15.5. The van der Waals surface area contributed by atoms with Crippen LogP contribution in [-0.4, -0.2) is 46.1 Å². The number of carbonyl (C=O) groups excluding carboxylic acids is 1. The first-order chi connectivity index (χ1) is 19.7. The molecule has 1 amide bonds. The van der Waals surface area contributed by atoms with Crippen molar-refractivity contribution in [2.75, 3.05) is 25.5 Å². The average Bonchev–Trinajstić information content (AvgIpc) is 2.94. The first-order valence-corrected chi connectivity index (χ1v) is 14.2. The van der Waals surface area contributed by atoms with Gasteiger partial charge in [0, 0.05) is 39.6 Å². The zero-order valence-corrected chi connectivity index (χ0v) is 25.8. The van der Waals surface area contributed by atoms with Gasteiger partial charge in [0.1, 0.15) is 11.4 Å². The highest BCUT2D eigenvalue weighted by atomic mass is 16.5. The van der Waals surface area contributed by atoms with Gasteiger partial charge in [-0.3, -0.25) is 9.59 Å². The fraction of sp³-hybridized carbons (Fsp3) is 0.455. The van der Waals surface area contributed by atoms with Crippen LogP contribution >= 0.6 is 0 Å². The summed E-state index contributed by atoms with van der Waals surface area (Å²) in [7, 11) is 3.36. The number of aromatic nitrogens is 2. The highest BCUT2D eigenvalue weighted by Gasteiger charge is 2.40. The van der Waals surface area contributed by atoms with E-state index in [4.69, 9.17) is 15.5 Å². The van der Waals surface area contributed by atoms with Gasteiger partial charge in [-0.15, -0.1) is 0 Å². The van der Waals surface area contributed by atoms with Gasteiger partial charge < -0.3 is 25.3 Å². The molecule has 1 atom stereocenters. The number of nitrogens with one attached hydrogen (secondary N) is 1. The molecule has 3 heterocycles. The third-order valence-corrected chi connectivity index (χ3v) is 8.27. The number of carbonyl (C=O) groups is 1. The van der Waals surface area contributed by atoms with E-state index in [1.54, 1.807) is 36.6 Å². The number of pyridine rings is 2. The maximum Gasteiger partial charge on any atom is 0.256 e. The van der Waals surface area contributed by atoms with Crippen molar-refractivity contribution >= 4 is 22.6 Å². The minimum absolute atomic E-state index is 0.00747. The summed E-state index contributed by atoms with van der Waals surface area (Å²) >= 11 is 0. The zero-order valence-electron chi connectivity index (χ0n) is 25.8. The molecule has 3 N–H and O–H groups in total. The molecule has 0 unspecified atom stereocenters. The lowest BCUT2D eigenvalue weighted by molar-refractivity contribution is -0.135. The van der Waals surface area contributed by atoms with Gasteiger partial charge in [-0.2, -0.15) is 5.26 Å². The number of ether oxygens (including phenoxy) is 1. The molecule has 0 radical (unpaired) electrons. The quantitative estimate of drug-likeness (QED) is 0.443. The number of aryl methyl sites for hydroxylation is 2. The fourth-order valence-corrected chi connectivity index (χ4v) is 5.78. The number of nitrogens with zero attached hydrogens (tertiary/aromatic N) is 4. The van der Waals surface area contributed by atoms with Gasteiger partial charge in [0.15, 0.2) is 0 Å². The van der Waals surface area contributed by atoms with Crippen molar-refractivity contribution < 1.29 is 9.53 Å². The number of hydrogen-bond acceptors (Lipinski definition) is 7. The van der Waals surface area contributed by atoms with Crippen molar-refractivity contribution in [1.82, 2.24) is 14.5 Å². The van der Waals surface area contributed by atoms with E-state index in [0.717, 1.165) is 16.5 Å². The van der Waals surface area contributed by atoms with Crippen LogP contribution in [0.15, 0.2) is 29.1 Å². The van der Waals surface area contributed by atoms with Gasteiger partial charge in [-0.25, -0.2) is 4.98 Å². The molecule has 0 spiro atoms. The summed E-state index contributed by atoms with van der Waals surface area (Å²) in [6.07, 6.45) is 0.993. The second-order valence-corrected chi connectivity index (χ2v) is 11.8. The summed E-state index contributed by atoms with van der Waals surface area (Å²) < 4.78 is 7.72. The second kappa shape index (κ2) is 11.6. The lowest BCUT2D eigenvalue weighted by Crippen LogP contribution is -2.48. The smallest absolute Gasteiger partial charge is 0.256 e. The lowest BCUT2D eigenvalue weighted by Gasteiger charge is -2.40. The molecule has 2 aromatic heterocycles. The molecule has 9 heteroatoms. The number of hydrogen-bond donors (Lipinski definition) is 2. The molecule has 0 saturated carbocycles. The standard InChI is InChI=1S/C33H40N6O3/c1-20-24(19-34)10-9-11-25(20)21(2)36-30-27-18-28(33(42-8)14-16-39(17-15-33)23(4)40)31(41)38(7)29(27)26(22(3)37-30)12-13-32(5,6)35/h9-11,18,21H,14-17,35H2,1-8H3,(H,36,37)/t21-/m1/s1. The Morgan fingerprint density at radius 3 is 2.50 bits per heavy atom. The Balaban J connectivity index is 1.97. The number of fused-ring (bicyclic) bond motifs is 1. The van der Waals surface area contributed by atoms with E-state index in [1.807, 2.05) is 52.8 Å². The van der Waals surface area contributed by atoms with Crippen molar-refractivity contribution in [3.05, 3.63) is 68.1 Å². The number of rotatable bonds is 5. The highest BCUT2D eigenvalue weighted by molar-refractivity contribution is 5.95. The molecule has 1 aliphatic rings. The predicted octanol–water partition coefficient (Wildman–Crippen LogP) is 4.17. The SMILES string of the molecule is COC1(c2cc3c(N[C@H](C)c4cccc(C#N)c4C)nc(C)c(C#CC(C)(C)N)c3n(C)c2=O)CCN(C(C)=O)CC1. The van der Waals surface area contributed by atoms with Crippen LogP contribution in [-0.2, 0) is 22.2 Å². The Bertz CT molecular complexity index is 1710. The monoisotopic (exact) mass is 568 g/mol. The van der Waals surface area contributed by atoms with E-state index in [2.05, 4.69) is 23.2 Å². The summed E-state index contributed by atoms with van der Waals surface area (Å²) in [5.41, 5.74) is 9.37. The molecular formula is C33H40N6O3. The van der Waals surface area contributed by atoms with E-state index in [0.29, 0.717) is 59.7 Å². The maximum absolute atomic E-state index is 14.1. The lowest BCUT2D eigenvalue weighted by atomic mass is 9.84. The van der Waals surface area contributed by atoms with Crippen LogP contribution in [0.25, 0.3) is 10.9 Å². The maximum atomic E-state index is 14.1. The van der Waals surface area contributed by atoms with Crippen LogP contribution in [0.4, 0.5) is 5.82 Å². The van der Waals surface area contributed by atoms with E-state index in [-0.39, 0.29) is 17.5 Å². The molecule has 1 saturated heterocycles. The van der Waals surface area contributed by atoms with Gasteiger partial charge >= 0.3 is 0 Å². The summed E-state index contributed by atoms with van der Waals surface area (Å²) in [4.78, 5) is 32.8. The summed E-state index contributed by atoms with van der Waals surface area (Å²) in [5.74, 6) is 6.90. The molecule has 9 nitrogen and oxygen atoms in total. The topological polar surface area (TPSA) is 126 Å². The Morgan fingerprint density at radius 2 is 1.93 bits per heavy atom.